The van der Waals surface area contributed by atoms with Gasteiger partial charge in [-0.25, -0.2) is 4.39 Å². The summed E-state index contributed by atoms with van der Waals surface area (Å²) in [5.74, 6) is -0.180. The zero-order valence-electron chi connectivity index (χ0n) is 12.4. The largest absolute Gasteiger partial charge is 0.308 e. The van der Waals surface area contributed by atoms with Gasteiger partial charge in [-0.1, -0.05) is 48.0 Å². The molecule has 0 amide bonds. The molecule has 2 N–H and O–H groups in total. The molecule has 3 nitrogen and oxygen atoms in total. The third kappa shape index (κ3) is 3.23. The molecule has 0 aliphatic heterocycles. The molecule has 4 heteroatoms. The molecule has 0 aliphatic rings. The normalized spacial score (nSPS) is 10.8. The first-order valence-corrected chi connectivity index (χ1v) is 7.27. The van der Waals surface area contributed by atoms with E-state index in [1.807, 2.05) is 12.3 Å². The molecule has 0 bridgehead atoms. The molecule has 2 aromatic carbocycles. The molecule has 22 heavy (non-hydrogen) atoms. The summed E-state index contributed by atoms with van der Waals surface area (Å²) in [7, 11) is 0. The average Bonchev–Trinajstić information content (AvgIpc) is 2.98. The minimum absolute atomic E-state index is 0.180. The van der Waals surface area contributed by atoms with E-state index in [-0.39, 0.29) is 5.82 Å². The summed E-state index contributed by atoms with van der Waals surface area (Å²) in [6.45, 7) is 3.19. The quantitative estimate of drug-likeness (QED) is 0.751. The number of hydrogen-bond acceptors (Lipinski definition) is 2. The van der Waals surface area contributed by atoms with Crippen LogP contribution in [0.5, 0.6) is 0 Å². The predicted molar refractivity (Wildman–Crippen MR) is 85.7 cm³/mol. The smallest absolute Gasteiger partial charge is 0.127 e. The summed E-state index contributed by atoms with van der Waals surface area (Å²) < 4.78 is 13.6. The molecule has 3 rings (SSSR count). The van der Waals surface area contributed by atoms with E-state index in [9.17, 15) is 4.39 Å². The first kappa shape index (κ1) is 14.5. The molecule has 0 saturated heterocycles. The maximum atomic E-state index is 13.6. The lowest BCUT2D eigenvalue weighted by Gasteiger charge is -2.07. The highest BCUT2D eigenvalue weighted by Gasteiger charge is 2.08. The molecular weight excluding hydrogens is 277 g/mol. The minimum Gasteiger partial charge on any atom is -0.308 e. The molecular formula is C18H18FN3. The Morgan fingerprint density at radius 3 is 2.50 bits per heavy atom. The van der Waals surface area contributed by atoms with E-state index in [0.29, 0.717) is 18.7 Å². The van der Waals surface area contributed by atoms with E-state index in [2.05, 4.69) is 46.7 Å². The van der Waals surface area contributed by atoms with Crippen molar-refractivity contribution in [2.45, 2.75) is 20.0 Å². The van der Waals surface area contributed by atoms with Crippen LogP contribution in [0, 0.1) is 12.7 Å². The number of halogens is 1. The molecule has 1 aromatic heterocycles. The van der Waals surface area contributed by atoms with Gasteiger partial charge in [-0.15, -0.1) is 0 Å². The molecule has 0 spiro atoms. The molecule has 0 fully saturated rings. The summed E-state index contributed by atoms with van der Waals surface area (Å²) in [6, 6.07) is 15.1. The van der Waals surface area contributed by atoms with Crippen molar-refractivity contribution in [3.63, 3.8) is 0 Å². The Bertz CT molecular complexity index is 747. The van der Waals surface area contributed by atoms with Gasteiger partial charge in [0.1, 0.15) is 5.82 Å². The SMILES string of the molecule is Cc1ccc(-c2[nH]ncc2CNCc2ccccc2F)cc1. The van der Waals surface area contributed by atoms with E-state index >= 15 is 0 Å². The predicted octanol–water partition coefficient (Wildman–Crippen LogP) is 3.81. The highest BCUT2D eigenvalue weighted by atomic mass is 19.1. The molecule has 0 saturated carbocycles. The number of aryl methyl sites for hydroxylation is 1. The van der Waals surface area contributed by atoms with Gasteiger partial charge in [0, 0.05) is 24.2 Å². The van der Waals surface area contributed by atoms with Crippen molar-refractivity contribution in [3.8, 4) is 11.3 Å². The van der Waals surface area contributed by atoms with Crippen molar-refractivity contribution in [1.29, 1.82) is 0 Å². The standard InChI is InChI=1S/C18H18FN3/c1-13-6-8-14(9-7-13)18-16(12-21-22-18)11-20-10-15-4-2-3-5-17(15)19/h2-9,12,20H,10-11H2,1H3,(H,21,22). The lowest BCUT2D eigenvalue weighted by Crippen LogP contribution is -2.13. The average molecular weight is 295 g/mol. The third-order valence-electron chi connectivity index (χ3n) is 3.65. The number of nitrogens with one attached hydrogen (secondary N) is 2. The summed E-state index contributed by atoms with van der Waals surface area (Å²) in [4.78, 5) is 0. The summed E-state index contributed by atoms with van der Waals surface area (Å²) >= 11 is 0. The van der Waals surface area contributed by atoms with Crippen LogP contribution in [0.1, 0.15) is 16.7 Å². The Balaban J connectivity index is 1.68. The van der Waals surface area contributed by atoms with Gasteiger partial charge in [0.05, 0.1) is 11.9 Å². The molecule has 0 atom stereocenters. The topological polar surface area (TPSA) is 40.7 Å². The van der Waals surface area contributed by atoms with Crippen molar-refractivity contribution >= 4 is 0 Å². The van der Waals surface area contributed by atoms with Gasteiger partial charge in [-0.3, -0.25) is 5.10 Å². The maximum absolute atomic E-state index is 13.6. The Kier molecular flexibility index (Phi) is 4.30. The zero-order chi connectivity index (χ0) is 15.4. The van der Waals surface area contributed by atoms with Crippen LogP contribution in [0.15, 0.2) is 54.7 Å². The molecule has 3 aromatic rings. The van der Waals surface area contributed by atoms with Gasteiger partial charge in [0.2, 0.25) is 0 Å². The van der Waals surface area contributed by atoms with E-state index < -0.39 is 0 Å². The Hall–Kier alpha value is -2.46. The monoisotopic (exact) mass is 295 g/mol. The summed E-state index contributed by atoms with van der Waals surface area (Å²) in [6.07, 6.45) is 1.81. The van der Waals surface area contributed by atoms with Crippen LogP contribution in [-0.2, 0) is 13.1 Å². The Morgan fingerprint density at radius 2 is 1.73 bits per heavy atom. The van der Waals surface area contributed by atoms with Gasteiger partial charge in [-0.05, 0) is 18.6 Å². The van der Waals surface area contributed by atoms with Crippen LogP contribution in [0.4, 0.5) is 4.39 Å². The number of nitrogens with zero attached hydrogens (tertiary/aromatic N) is 1. The fraction of sp³-hybridized carbons (Fsp3) is 0.167. The van der Waals surface area contributed by atoms with Crippen molar-refractivity contribution in [1.82, 2.24) is 15.5 Å². The van der Waals surface area contributed by atoms with Crippen molar-refractivity contribution in [2.24, 2.45) is 0 Å². The minimum atomic E-state index is -0.180. The fourth-order valence-corrected chi connectivity index (χ4v) is 2.39. The van der Waals surface area contributed by atoms with Crippen LogP contribution >= 0.6 is 0 Å². The van der Waals surface area contributed by atoms with E-state index in [4.69, 9.17) is 0 Å². The van der Waals surface area contributed by atoms with Crippen LogP contribution in [0.25, 0.3) is 11.3 Å². The fourth-order valence-electron chi connectivity index (χ4n) is 2.39. The van der Waals surface area contributed by atoms with Gasteiger partial charge >= 0.3 is 0 Å². The first-order chi connectivity index (χ1) is 10.7. The molecule has 0 unspecified atom stereocenters. The zero-order valence-corrected chi connectivity index (χ0v) is 12.4. The second kappa shape index (κ2) is 6.54. The number of benzene rings is 2. The van der Waals surface area contributed by atoms with Crippen LogP contribution in [0.3, 0.4) is 0 Å². The second-order valence-corrected chi connectivity index (χ2v) is 5.33. The maximum Gasteiger partial charge on any atom is 0.127 e. The van der Waals surface area contributed by atoms with Crippen molar-refractivity contribution in [2.75, 3.05) is 0 Å². The first-order valence-electron chi connectivity index (χ1n) is 7.27. The van der Waals surface area contributed by atoms with Crippen molar-refractivity contribution < 1.29 is 4.39 Å². The lowest BCUT2D eigenvalue weighted by molar-refractivity contribution is 0.588. The lowest BCUT2D eigenvalue weighted by atomic mass is 10.1. The van der Waals surface area contributed by atoms with Gasteiger partial charge < -0.3 is 5.32 Å². The number of aromatic amines is 1. The van der Waals surface area contributed by atoms with E-state index in [1.54, 1.807) is 12.1 Å². The van der Waals surface area contributed by atoms with Crippen LogP contribution < -0.4 is 5.32 Å². The highest BCUT2D eigenvalue weighted by Crippen LogP contribution is 2.21. The van der Waals surface area contributed by atoms with Gasteiger partial charge in [0.15, 0.2) is 0 Å². The summed E-state index contributed by atoms with van der Waals surface area (Å²) in [5.41, 5.74) is 5.07. The number of aromatic nitrogens is 2. The van der Waals surface area contributed by atoms with Crippen molar-refractivity contribution in [3.05, 3.63) is 77.2 Å². The third-order valence-corrected chi connectivity index (χ3v) is 3.65. The highest BCUT2D eigenvalue weighted by molar-refractivity contribution is 5.62. The number of H-pyrrole nitrogens is 1. The Labute approximate surface area is 129 Å². The van der Waals surface area contributed by atoms with Crippen LogP contribution in [0.2, 0.25) is 0 Å². The molecule has 1 heterocycles. The number of rotatable bonds is 5. The molecule has 112 valence electrons. The number of hydrogen-bond donors (Lipinski definition) is 2. The summed E-state index contributed by atoms with van der Waals surface area (Å²) in [5, 5.41) is 10.4. The molecule has 0 aliphatic carbocycles. The van der Waals surface area contributed by atoms with E-state index in [1.165, 1.54) is 11.6 Å². The molecule has 0 radical (unpaired) electrons. The van der Waals surface area contributed by atoms with Gasteiger partial charge in [0.25, 0.3) is 0 Å². The Morgan fingerprint density at radius 1 is 1.00 bits per heavy atom. The second-order valence-electron chi connectivity index (χ2n) is 5.33. The van der Waals surface area contributed by atoms with E-state index in [0.717, 1.165) is 16.8 Å². The van der Waals surface area contributed by atoms with Crippen LogP contribution in [-0.4, -0.2) is 10.2 Å². The van der Waals surface area contributed by atoms with Gasteiger partial charge in [-0.2, -0.15) is 5.10 Å².